The van der Waals surface area contributed by atoms with E-state index in [-0.39, 0.29) is 0 Å². The molecule has 29 heavy (non-hydrogen) atoms. The summed E-state index contributed by atoms with van der Waals surface area (Å²) in [4.78, 5) is 0. The van der Waals surface area contributed by atoms with Gasteiger partial charge in [0.15, 0.2) is 0 Å². The molecule has 0 aliphatic carbocycles. The average Bonchev–Trinajstić information content (AvgIpc) is 2.61. The lowest BCUT2D eigenvalue weighted by Gasteiger charge is -2.08. The van der Waals surface area contributed by atoms with Crippen molar-refractivity contribution in [3.63, 3.8) is 0 Å². The van der Waals surface area contributed by atoms with Crippen molar-refractivity contribution in [3.05, 3.63) is 59.7 Å². The third-order valence-electron chi connectivity index (χ3n) is 4.15. The average molecular weight is 440 g/mol. The van der Waals surface area contributed by atoms with Gasteiger partial charge in [0, 0.05) is 11.4 Å². The molecule has 0 heterocycles. The molecule has 9 heteroatoms. The number of benzene rings is 2. The van der Waals surface area contributed by atoms with E-state index in [4.69, 9.17) is 0 Å². The monoisotopic (exact) mass is 439 g/mol. The van der Waals surface area contributed by atoms with Crippen LogP contribution in [0, 0.1) is 0 Å². The van der Waals surface area contributed by atoms with Crippen molar-refractivity contribution in [2.24, 2.45) is 0 Å². The summed E-state index contributed by atoms with van der Waals surface area (Å²) < 4.78 is 49.7. The molecule has 0 fully saturated rings. The van der Waals surface area contributed by atoms with E-state index >= 15 is 0 Å². The number of nitrogens with one attached hydrogen (secondary N) is 3. The van der Waals surface area contributed by atoms with Gasteiger partial charge in [-0.15, -0.1) is 0 Å². The molecule has 2 rings (SSSR count). The topological polar surface area (TPSA) is 104 Å². The van der Waals surface area contributed by atoms with Gasteiger partial charge in [0.1, 0.15) is 0 Å². The molecule has 0 aliphatic rings. The Morgan fingerprint density at radius 3 is 1.28 bits per heavy atom. The quantitative estimate of drug-likeness (QED) is 0.441. The molecule has 0 bridgehead atoms. The Bertz CT molecular complexity index is 890. The molecule has 0 aliphatic heterocycles. The predicted molar refractivity (Wildman–Crippen MR) is 119 cm³/mol. The Balaban J connectivity index is 1.59. The van der Waals surface area contributed by atoms with Gasteiger partial charge in [-0.1, -0.05) is 24.3 Å². The highest BCUT2D eigenvalue weighted by atomic mass is 32.2. The highest BCUT2D eigenvalue weighted by Gasteiger charge is 2.03. The Hall–Kier alpha value is -2.10. The van der Waals surface area contributed by atoms with Crippen LogP contribution in [-0.4, -0.2) is 42.4 Å². The molecule has 0 saturated carbocycles. The largest absolute Gasteiger partial charge is 0.317 e. The first-order valence-corrected chi connectivity index (χ1v) is 13.2. The van der Waals surface area contributed by atoms with Crippen LogP contribution in [0.15, 0.2) is 48.5 Å². The normalized spacial score (nSPS) is 11.9. The summed E-state index contributed by atoms with van der Waals surface area (Å²) in [5.41, 5.74) is 3.51. The molecule has 2 aromatic rings. The van der Waals surface area contributed by atoms with Crippen LogP contribution in [0.3, 0.4) is 0 Å². The minimum atomic E-state index is -3.24. The van der Waals surface area contributed by atoms with Crippen molar-refractivity contribution in [2.75, 3.05) is 35.0 Å². The number of hydrogen-bond donors (Lipinski definition) is 3. The molecule has 0 aromatic heterocycles. The van der Waals surface area contributed by atoms with Crippen molar-refractivity contribution in [3.8, 4) is 0 Å². The Morgan fingerprint density at radius 2 is 0.966 bits per heavy atom. The fourth-order valence-electron chi connectivity index (χ4n) is 2.87. The van der Waals surface area contributed by atoms with E-state index in [1.165, 1.54) is 11.1 Å². The van der Waals surface area contributed by atoms with Gasteiger partial charge in [-0.3, -0.25) is 9.44 Å². The molecule has 0 radical (unpaired) electrons. The first-order chi connectivity index (χ1) is 13.6. The summed E-state index contributed by atoms with van der Waals surface area (Å²) in [5.74, 6) is 0. The van der Waals surface area contributed by atoms with E-state index < -0.39 is 20.0 Å². The minimum absolute atomic E-state index is 0.578. The minimum Gasteiger partial charge on any atom is -0.317 e. The number of sulfonamides is 2. The first-order valence-electron chi connectivity index (χ1n) is 9.45. The highest BCUT2D eigenvalue weighted by Crippen LogP contribution is 2.13. The third-order valence-corrected chi connectivity index (χ3v) is 5.37. The van der Waals surface area contributed by atoms with Crippen LogP contribution in [0.25, 0.3) is 0 Å². The van der Waals surface area contributed by atoms with E-state index in [0.717, 1.165) is 51.3 Å². The van der Waals surface area contributed by atoms with Crippen molar-refractivity contribution in [2.45, 2.75) is 25.7 Å². The van der Waals surface area contributed by atoms with Crippen LogP contribution in [-0.2, 0) is 32.9 Å². The smallest absolute Gasteiger partial charge is 0.229 e. The number of rotatable bonds is 12. The second kappa shape index (κ2) is 10.6. The van der Waals surface area contributed by atoms with Crippen molar-refractivity contribution in [1.82, 2.24) is 5.32 Å². The summed E-state index contributed by atoms with van der Waals surface area (Å²) in [6.45, 7) is 1.83. The summed E-state index contributed by atoms with van der Waals surface area (Å²) in [6.07, 6.45) is 6.15. The van der Waals surface area contributed by atoms with Gasteiger partial charge in [0.25, 0.3) is 0 Å². The molecular formula is C20H29N3O4S2. The van der Waals surface area contributed by atoms with Crippen molar-refractivity contribution >= 4 is 31.4 Å². The Labute approximate surface area is 174 Å². The lowest BCUT2D eigenvalue weighted by atomic mass is 10.1. The van der Waals surface area contributed by atoms with Gasteiger partial charge >= 0.3 is 0 Å². The second-order valence-electron chi connectivity index (χ2n) is 7.10. The number of anilines is 2. The fraction of sp³-hybridized carbons (Fsp3) is 0.400. The maximum Gasteiger partial charge on any atom is 0.229 e. The summed E-state index contributed by atoms with van der Waals surface area (Å²) in [7, 11) is -6.47. The lowest BCUT2D eigenvalue weighted by Crippen LogP contribution is -2.17. The Kier molecular flexibility index (Phi) is 8.48. The number of aryl methyl sites for hydroxylation is 2. The molecule has 0 atom stereocenters. The van der Waals surface area contributed by atoms with Gasteiger partial charge in [-0.2, -0.15) is 0 Å². The number of hydrogen-bond acceptors (Lipinski definition) is 5. The molecule has 160 valence electrons. The SMILES string of the molecule is CS(=O)(=O)Nc1ccc(CCCNCCCc2ccc(NS(C)(=O)=O)cc2)cc1. The fourth-order valence-corrected chi connectivity index (χ4v) is 4.00. The van der Waals surface area contributed by atoms with E-state index in [0.29, 0.717) is 11.4 Å². The highest BCUT2D eigenvalue weighted by molar-refractivity contribution is 7.92. The molecule has 0 saturated heterocycles. The van der Waals surface area contributed by atoms with E-state index in [1.54, 1.807) is 24.3 Å². The van der Waals surface area contributed by atoms with Gasteiger partial charge in [-0.05, 0) is 74.2 Å². The van der Waals surface area contributed by atoms with Gasteiger partial charge in [0.2, 0.25) is 20.0 Å². The van der Waals surface area contributed by atoms with E-state index in [2.05, 4.69) is 14.8 Å². The van der Waals surface area contributed by atoms with E-state index in [1.807, 2.05) is 24.3 Å². The molecule has 0 spiro atoms. The summed E-state index contributed by atoms with van der Waals surface area (Å²) in [6, 6.07) is 14.9. The van der Waals surface area contributed by atoms with Crippen LogP contribution >= 0.6 is 0 Å². The van der Waals surface area contributed by atoms with Crippen LogP contribution in [0.2, 0.25) is 0 Å². The zero-order valence-electron chi connectivity index (χ0n) is 16.8. The zero-order chi connectivity index (χ0) is 21.3. The first kappa shape index (κ1) is 23.2. The predicted octanol–water partition coefficient (Wildman–Crippen LogP) is 2.58. The standard InChI is InChI=1S/C20H29N3O4S2/c1-28(24,25)22-19-11-7-17(8-12-19)5-3-15-21-16-4-6-18-9-13-20(14-10-18)23-29(2,26)27/h7-14,21-23H,3-6,15-16H2,1-2H3. The Morgan fingerprint density at radius 1 is 0.621 bits per heavy atom. The third kappa shape index (κ3) is 10.3. The molecule has 0 amide bonds. The van der Waals surface area contributed by atoms with Gasteiger partial charge in [-0.25, -0.2) is 16.8 Å². The maximum atomic E-state index is 11.2. The zero-order valence-corrected chi connectivity index (χ0v) is 18.4. The summed E-state index contributed by atoms with van der Waals surface area (Å²) >= 11 is 0. The van der Waals surface area contributed by atoms with Crippen molar-refractivity contribution < 1.29 is 16.8 Å². The van der Waals surface area contributed by atoms with Crippen molar-refractivity contribution in [1.29, 1.82) is 0 Å². The van der Waals surface area contributed by atoms with Crippen LogP contribution in [0.4, 0.5) is 11.4 Å². The van der Waals surface area contributed by atoms with E-state index in [9.17, 15) is 16.8 Å². The van der Waals surface area contributed by atoms with Crippen LogP contribution in [0.1, 0.15) is 24.0 Å². The lowest BCUT2D eigenvalue weighted by molar-refractivity contribution is 0.605. The molecule has 2 aromatic carbocycles. The summed E-state index contributed by atoms with van der Waals surface area (Å²) in [5, 5.41) is 3.43. The van der Waals surface area contributed by atoms with Gasteiger partial charge < -0.3 is 5.32 Å². The maximum absolute atomic E-state index is 11.2. The molecule has 0 unspecified atom stereocenters. The molecule has 7 nitrogen and oxygen atoms in total. The van der Waals surface area contributed by atoms with Crippen LogP contribution < -0.4 is 14.8 Å². The van der Waals surface area contributed by atoms with Gasteiger partial charge in [0.05, 0.1) is 12.5 Å². The molecular weight excluding hydrogens is 410 g/mol. The van der Waals surface area contributed by atoms with Crippen LogP contribution in [0.5, 0.6) is 0 Å². The molecule has 3 N–H and O–H groups in total. The second-order valence-corrected chi connectivity index (χ2v) is 10.6.